The number of aryl methyl sites for hydroxylation is 2. The predicted octanol–water partition coefficient (Wildman–Crippen LogP) is 4.13. The summed E-state index contributed by atoms with van der Waals surface area (Å²) in [6.07, 6.45) is 0. The van der Waals surface area contributed by atoms with E-state index < -0.39 is 15.9 Å². The number of hydrogen-bond acceptors (Lipinski definition) is 5. The van der Waals surface area contributed by atoms with Crippen molar-refractivity contribution in [1.29, 1.82) is 0 Å². The van der Waals surface area contributed by atoms with Crippen molar-refractivity contribution in [2.45, 2.75) is 46.1 Å². The summed E-state index contributed by atoms with van der Waals surface area (Å²) in [5.41, 5.74) is 3.72. The Balaban J connectivity index is 1.99. The number of sulfonamides is 1. The summed E-state index contributed by atoms with van der Waals surface area (Å²) >= 11 is 1.46. The summed E-state index contributed by atoms with van der Waals surface area (Å²) in [5.74, 6) is -0.410. The first-order valence-electron chi connectivity index (χ1n) is 11.1. The van der Waals surface area contributed by atoms with Gasteiger partial charge in [0.15, 0.2) is 4.80 Å². The quantitative estimate of drug-likeness (QED) is 0.423. The minimum Gasteiger partial charge on any atom is -0.380 e. The van der Waals surface area contributed by atoms with E-state index in [0.29, 0.717) is 43.2 Å². The van der Waals surface area contributed by atoms with Gasteiger partial charge in [-0.25, -0.2) is 8.42 Å². The molecule has 0 saturated carbocycles. The van der Waals surface area contributed by atoms with Crippen molar-refractivity contribution in [3.63, 3.8) is 0 Å². The van der Waals surface area contributed by atoms with Crippen molar-refractivity contribution in [3.8, 4) is 0 Å². The molecule has 3 aromatic rings. The second-order valence-electron chi connectivity index (χ2n) is 7.67. The van der Waals surface area contributed by atoms with Crippen LogP contribution in [0.25, 0.3) is 10.2 Å². The van der Waals surface area contributed by atoms with E-state index >= 15 is 0 Å². The van der Waals surface area contributed by atoms with Crippen LogP contribution < -0.4 is 4.80 Å². The molecule has 0 aliphatic carbocycles. The van der Waals surface area contributed by atoms with Crippen LogP contribution in [0.1, 0.15) is 42.3 Å². The maximum Gasteiger partial charge on any atom is 0.279 e. The summed E-state index contributed by atoms with van der Waals surface area (Å²) in [5, 5.41) is 0. The summed E-state index contributed by atoms with van der Waals surface area (Å²) in [4.78, 5) is 18.1. The molecule has 7 nitrogen and oxygen atoms in total. The van der Waals surface area contributed by atoms with Crippen LogP contribution in [0.4, 0.5) is 0 Å². The molecule has 1 heterocycles. The SMILES string of the molecule is CCOCCn1c(=NC(=O)c2ccc(S(=O)(=O)N(CC)CC)cc2)sc2cc(C)c(C)cc21. The number of fused-ring (bicyclic) bond motifs is 1. The standard InChI is InChI=1S/C24H31N3O4S2/c1-6-26(7-2)33(29,30)20-11-9-19(10-12-20)23(28)25-24-27(13-14-31-8-3)21-15-17(4)18(5)16-22(21)32-24/h9-12,15-16H,6-8,13-14H2,1-5H3. The first kappa shape index (κ1) is 25.3. The molecule has 1 amide bonds. The van der Waals surface area contributed by atoms with Crippen LogP contribution >= 0.6 is 11.3 Å². The number of rotatable bonds is 9. The zero-order chi connectivity index (χ0) is 24.2. The van der Waals surface area contributed by atoms with Gasteiger partial charge in [-0.1, -0.05) is 25.2 Å². The Hall–Kier alpha value is -2.33. The van der Waals surface area contributed by atoms with Gasteiger partial charge in [-0.3, -0.25) is 4.79 Å². The molecule has 0 fully saturated rings. The lowest BCUT2D eigenvalue weighted by molar-refractivity contribution is 0.0996. The number of carbonyl (C=O) groups is 1. The van der Waals surface area contributed by atoms with Crippen molar-refractivity contribution in [3.05, 3.63) is 57.9 Å². The van der Waals surface area contributed by atoms with Crippen molar-refractivity contribution < 1.29 is 17.9 Å². The third-order valence-electron chi connectivity index (χ3n) is 5.60. The molecule has 0 bridgehead atoms. The number of carbonyl (C=O) groups excluding carboxylic acids is 1. The fourth-order valence-electron chi connectivity index (χ4n) is 3.56. The summed E-state index contributed by atoms with van der Waals surface area (Å²) < 4.78 is 35.4. The van der Waals surface area contributed by atoms with E-state index in [0.717, 1.165) is 10.2 Å². The van der Waals surface area contributed by atoms with Crippen molar-refractivity contribution in [2.75, 3.05) is 26.3 Å². The van der Waals surface area contributed by atoms with E-state index in [9.17, 15) is 13.2 Å². The number of hydrogen-bond donors (Lipinski definition) is 0. The molecule has 0 atom stereocenters. The Morgan fingerprint density at radius 1 is 1.06 bits per heavy atom. The van der Waals surface area contributed by atoms with E-state index in [-0.39, 0.29) is 4.90 Å². The molecule has 0 saturated heterocycles. The van der Waals surface area contributed by atoms with Gasteiger partial charge in [-0.15, -0.1) is 0 Å². The van der Waals surface area contributed by atoms with Gasteiger partial charge in [-0.2, -0.15) is 9.30 Å². The summed E-state index contributed by atoms with van der Waals surface area (Å²) in [6.45, 7) is 12.2. The largest absolute Gasteiger partial charge is 0.380 e. The zero-order valence-electron chi connectivity index (χ0n) is 19.8. The molecule has 0 unspecified atom stereocenters. The van der Waals surface area contributed by atoms with E-state index in [2.05, 4.69) is 31.0 Å². The lowest BCUT2D eigenvalue weighted by Gasteiger charge is -2.18. The van der Waals surface area contributed by atoms with Crippen molar-refractivity contribution in [2.24, 2.45) is 4.99 Å². The van der Waals surface area contributed by atoms with E-state index in [1.807, 2.05) is 11.5 Å². The van der Waals surface area contributed by atoms with E-state index in [4.69, 9.17) is 4.74 Å². The zero-order valence-corrected chi connectivity index (χ0v) is 21.4. The molecular formula is C24H31N3O4S2. The van der Waals surface area contributed by atoms with E-state index in [1.165, 1.54) is 51.0 Å². The van der Waals surface area contributed by atoms with Crippen LogP contribution in [0.15, 0.2) is 46.3 Å². The van der Waals surface area contributed by atoms with E-state index in [1.54, 1.807) is 13.8 Å². The second kappa shape index (κ2) is 10.7. The number of ether oxygens (including phenoxy) is 1. The Morgan fingerprint density at radius 3 is 2.30 bits per heavy atom. The van der Waals surface area contributed by atoms with Crippen LogP contribution in [-0.2, 0) is 21.3 Å². The molecule has 0 aliphatic heterocycles. The van der Waals surface area contributed by atoms with Crippen LogP contribution in [0, 0.1) is 13.8 Å². The maximum absolute atomic E-state index is 12.9. The highest BCUT2D eigenvalue weighted by Crippen LogP contribution is 2.22. The Labute approximate surface area is 199 Å². The Morgan fingerprint density at radius 2 is 1.70 bits per heavy atom. The highest BCUT2D eigenvalue weighted by molar-refractivity contribution is 7.89. The lowest BCUT2D eigenvalue weighted by atomic mass is 10.1. The molecule has 33 heavy (non-hydrogen) atoms. The number of amides is 1. The molecule has 0 spiro atoms. The second-order valence-corrected chi connectivity index (χ2v) is 10.6. The average molecular weight is 490 g/mol. The van der Waals surface area contributed by atoms with Gasteiger partial charge in [0.05, 0.1) is 21.7 Å². The highest BCUT2D eigenvalue weighted by atomic mass is 32.2. The molecule has 2 aromatic carbocycles. The first-order chi connectivity index (χ1) is 15.7. The third kappa shape index (κ3) is 5.43. The Bertz CT molecular complexity index is 1300. The molecule has 1 aromatic heterocycles. The van der Waals surface area contributed by atoms with Crippen LogP contribution in [0.5, 0.6) is 0 Å². The van der Waals surface area contributed by atoms with Gasteiger partial charge in [0.1, 0.15) is 0 Å². The van der Waals surface area contributed by atoms with Gasteiger partial charge in [0.25, 0.3) is 5.91 Å². The molecule has 0 aliphatic rings. The van der Waals surface area contributed by atoms with Crippen molar-refractivity contribution in [1.82, 2.24) is 8.87 Å². The minimum atomic E-state index is -3.57. The maximum atomic E-state index is 12.9. The van der Waals surface area contributed by atoms with Crippen LogP contribution in [0.2, 0.25) is 0 Å². The van der Waals surface area contributed by atoms with Crippen molar-refractivity contribution >= 4 is 37.5 Å². The number of benzene rings is 2. The van der Waals surface area contributed by atoms with Crippen LogP contribution in [-0.4, -0.2) is 49.5 Å². The first-order valence-corrected chi connectivity index (χ1v) is 13.4. The number of aromatic nitrogens is 1. The van der Waals surface area contributed by atoms with Gasteiger partial charge in [0, 0.05) is 31.8 Å². The molecule has 0 radical (unpaired) electrons. The lowest BCUT2D eigenvalue weighted by Crippen LogP contribution is -2.30. The third-order valence-corrected chi connectivity index (χ3v) is 8.71. The fourth-order valence-corrected chi connectivity index (χ4v) is 6.15. The van der Waals surface area contributed by atoms with Gasteiger partial charge < -0.3 is 9.30 Å². The monoisotopic (exact) mass is 489 g/mol. The molecule has 178 valence electrons. The molecule has 9 heteroatoms. The number of nitrogens with zero attached hydrogens (tertiary/aromatic N) is 3. The molecule has 0 N–H and O–H groups in total. The van der Waals surface area contributed by atoms with Gasteiger partial charge >= 0.3 is 0 Å². The van der Waals surface area contributed by atoms with Gasteiger partial charge in [0.2, 0.25) is 10.0 Å². The highest BCUT2D eigenvalue weighted by Gasteiger charge is 2.21. The number of thiazole rings is 1. The molecule has 3 rings (SSSR count). The smallest absolute Gasteiger partial charge is 0.279 e. The summed E-state index contributed by atoms with van der Waals surface area (Å²) in [6, 6.07) is 10.2. The molecular weight excluding hydrogens is 458 g/mol. The topological polar surface area (TPSA) is 81.0 Å². The van der Waals surface area contributed by atoms with Gasteiger partial charge in [-0.05, 0) is 68.3 Å². The predicted molar refractivity (Wildman–Crippen MR) is 132 cm³/mol. The van der Waals surface area contributed by atoms with Crippen LogP contribution in [0.3, 0.4) is 0 Å². The fraction of sp³-hybridized carbons (Fsp3) is 0.417. The minimum absolute atomic E-state index is 0.169. The Kier molecular flexibility index (Phi) is 8.23. The summed E-state index contributed by atoms with van der Waals surface area (Å²) in [7, 11) is -3.57. The average Bonchev–Trinajstić information content (AvgIpc) is 3.10. The normalized spacial score (nSPS) is 12.7.